The summed E-state index contributed by atoms with van der Waals surface area (Å²) in [5.74, 6) is -0.754. The van der Waals surface area contributed by atoms with E-state index >= 15 is 0 Å². The minimum atomic E-state index is -4.59. The lowest BCUT2D eigenvalue weighted by Gasteiger charge is -2.38. The van der Waals surface area contributed by atoms with E-state index in [4.69, 9.17) is 0 Å². The molecule has 1 aliphatic heterocycles. The van der Waals surface area contributed by atoms with E-state index in [2.05, 4.69) is 5.32 Å². The van der Waals surface area contributed by atoms with Crippen molar-refractivity contribution < 1.29 is 22.8 Å². The summed E-state index contributed by atoms with van der Waals surface area (Å²) < 4.78 is 39.7. The van der Waals surface area contributed by atoms with Crippen molar-refractivity contribution in [3.8, 4) is 0 Å². The maximum absolute atomic E-state index is 13.2. The van der Waals surface area contributed by atoms with Crippen LogP contribution in [-0.2, 0) is 17.5 Å². The quantitative estimate of drug-likeness (QED) is 0.791. The van der Waals surface area contributed by atoms with Crippen LogP contribution in [0.5, 0.6) is 0 Å². The zero-order valence-electron chi connectivity index (χ0n) is 17.1. The lowest BCUT2D eigenvalue weighted by Crippen LogP contribution is -2.48. The number of benzene rings is 2. The number of hydrogen-bond donors (Lipinski definition) is 1. The van der Waals surface area contributed by atoms with Gasteiger partial charge in [-0.1, -0.05) is 48.9 Å². The van der Waals surface area contributed by atoms with Crippen LogP contribution in [0.4, 0.5) is 13.2 Å². The number of aryl methyl sites for hydroxylation is 1. The summed E-state index contributed by atoms with van der Waals surface area (Å²) in [5.41, 5.74) is 0.192. The van der Waals surface area contributed by atoms with E-state index in [1.807, 2.05) is 38.1 Å². The molecule has 0 aromatic heterocycles. The van der Waals surface area contributed by atoms with Crippen molar-refractivity contribution in [1.82, 2.24) is 10.2 Å². The summed E-state index contributed by atoms with van der Waals surface area (Å²) in [7, 11) is 0. The highest BCUT2D eigenvalue weighted by atomic mass is 19.4. The summed E-state index contributed by atoms with van der Waals surface area (Å²) in [4.78, 5) is 26.8. The van der Waals surface area contributed by atoms with Crippen molar-refractivity contribution in [2.45, 2.75) is 39.4 Å². The summed E-state index contributed by atoms with van der Waals surface area (Å²) >= 11 is 0. The monoisotopic (exact) mass is 418 g/mol. The van der Waals surface area contributed by atoms with Gasteiger partial charge >= 0.3 is 6.18 Å². The Labute approximate surface area is 174 Å². The number of halogens is 3. The van der Waals surface area contributed by atoms with Gasteiger partial charge in [0.15, 0.2) is 0 Å². The molecule has 2 aromatic rings. The van der Waals surface area contributed by atoms with Crippen molar-refractivity contribution in [2.24, 2.45) is 5.41 Å². The molecule has 1 heterocycles. The average Bonchev–Trinajstić information content (AvgIpc) is 2.72. The van der Waals surface area contributed by atoms with Gasteiger partial charge in [0.05, 0.1) is 11.1 Å². The number of hydrogen-bond acceptors (Lipinski definition) is 2. The third-order valence-corrected chi connectivity index (χ3v) is 5.74. The molecule has 160 valence electrons. The first-order valence-corrected chi connectivity index (χ1v) is 9.89. The molecular weight excluding hydrogens is 393 g/mol. The molecule has 2 amide bonds. The highest BCUT2D eigenvalue weighted by Gasteiger charge is 2.40. The highest BCUT2D eigenvalue weighted by Crippen LogP contribution is 2.35. The Morgan fingerprint density at radius 1 is 1.03 bits per heavy atom. The molecule has 1 N–H and O–H groups in total. The molecule has 1 saturated heterocycles. The zero-order chi connectivity index (χ0) is 21.9. The first-order valence-electron chi connectivity index (χ1n) is 9.89. The van der Waals surface area contributed by atoms with Gasteiger partial charge in [-0.25, -0.2) is 0 Å². The van der Waals surface area contributed by atoms with Gasteiger partial charge in [0.25, 0.3) is 5.91 Å². The number of nitrogens with one attached hydrogen (secondary N) is 1. The summed E-state index contributed by atoms with van der Waals surface area (Å²) in [6.07, 6.45) is -3.80. The second-order valence-electron chi connectivity index (χ2n) is 8.06. The fraction of sp³-hybridized carbons (Fsp3) is 0.391. The average molecular weight is 418 g/mol. The fourth-order valence-corrected chi connectivity index (χ4v) is 3.62. The van der Waals surface area contributed by atoms with E-state index in [1.54, 1.807) is 0 Å². The molecule has 0 aliphatic carbocycles. The Balaban J connectivity index is 1.61. The minimum absolute atomic E-state index is 0.106. The Hall–Kier alpha value is -2.83. The molecule has 0 saturated carbocycles. The van der Waals surface area contributed by atoms with E-state index < -0.39 is 23.1 Å². The number of alkyl halides is 3. The minimum Gasteiger partial charge on any atom is -0.352 e. The van der Waals surface area contributed by atoms with E-state index in [0.29, 0.717) is 19.4 Å². The van der Waals surface area contributed by atoms with Crippen molar-refractivity contribution in [3.05, 3.63) is 70.8 Å². The number of likely N-dealkylation sites (tertiary alicyclic amines) is 1. The molecule has 0 spiro atoms. The predicted molar refractivity (Wildman–Crippen MR) is 108 cm³/mol. The number of piperidine rings is 1. The van der Waals surface area contributed by atoms with Crippen molar-refractivity contribution in [2.75, 3.05) is 13.1 Å². The topological polar surface area (TPSA) is 49.4 Å². The van der Waals surface area contributed by atoms with Crippen LogP contribution in [0.25, 0.3) is 0 Å². The molecule has 1 aliphatic rings. The van der Waals surface area contributed by atoms with Crippen LogP contribution in [0.2, 0.25) is 0 Å². The van der Waals surface area contributed by atoms with Crippen LogP contribution in [0.3, 0.4) is 0 Å². The Morgan fingerprint density at radius 3 is 2.23 bits per heavy atom. The molecule has 1 fully saturated rings. The summed E-state index contributed by atoms with van der Waals surface area (Å²) in [6, 6.07) is 12.7. The normalized spacial score (nSPS) is 16.2. The first kappa shape index (κ1) is 21.9. The molecule has 30 heavy (non-hydrogen) atoms. The number of rotatable bonds is 4. The van der Waals surface area contributed by atoms with Gasteiger partial charge in [-0.05, 0) is 37.5 Å². The summed E-state index contributed by atoms with van der Waals surface area (Å²) in [5, 5.41) is 2.94. The maximum Gasteiger partial charge on any atom is 0.417 e. The largest absolute Gasteiger partial charge is 0.417 e. The van der Waals surface area contributed by atoms with Crippen LogP contribution in [0.15, 0.2) is 48.5 Å². The van der Waals surface area contributed by atoms with E-state index in [-0.39, 0.29) is 24.6 Å². The van der Waals surface area contributed by atoms with Gasteiger partial charge in [-0.2, -0.15) is 13.2 Å². The third kappa shape index (κ3) is 4.83. The Bertz CT molecular complexity index is 915. The molecular formula is C23H25F3N2O2. The van der Waals surface area contributed by atoms with E-state index in [0.717, 1.165) is 17.2 Å². The molecule has 0 atom stereocenters. The number of nitrogens with zero attached hydrogens (tertiary/aromatic N) is 1. The number of amides is 2. The molecule has 0 radical (unpaired) electrons. The van der Waals surface area contributed by atoms with Gasteiger partial charge < -0.3 is 10.2 Å². The lowest BCUT2D eigenvalue weighted by molar-refractivity contribution is -0.138. The van der Waals surface area contributed by atoms with E-state index in [9.17, 15) is 22.8 Å². The second kappa shape index (κ2) is 8.50. The van der Waals surface area contributed by atoms with Gasteiger partial charge in [0.1, 0.15) is 0 Å². The SMILES string of the molecule is Cc1ccc(CNC(=O)C2(C)CCN(C(=O)c3ccccc3C(F)(F)F)CC2)cc1. The number of carbonyl (C=O) groups is 2. The van der Waals surface area contributed by atoms with Crippen LogP contribution in [0, 0.1) is 12.3 Å². The molecule has 4 nitrogen and oxygen atoms in total. The molecule has 2 aromatic carbocycles. The lowest BCUT2D eigenvalue weighted by atomic mass is 9.79. The van der Waals surface area contributed by atoms with Crippen molar-refractivity contribution in [3.63, 3.8) is 0 Å². The molecule has 0 unspecified atom stereocenters. The standard InChI is InChI=1S/C23H25F3N2O2/c1-16-7-9-17(10-8-16)15-27-21(30)22(2)11-13-28(14-12-22)20(29)18-5-3-4-6-19(18)23(24,25)26/h3-10H,11-15H2,1-2H3,(H,27,30). The van der Waals surface area contributed by atoms with Gasteiger partial charge in [-0.3, -0.25) is 9.59 Å². The third-order valence-electron chi connectivity index (χ3n) is 5.74. The Morgan fingerprint density at radius 2 is 1.63 bits per heavy atom. The van der Waals surface area contributed by atoms with Gasteiger partial charge in [-0.15, -0.1) is 0 Å². The van der Waals surface area contributed by atoms with Crippen LogP contribution >= 0.6 is 0 Å². The smallest absolute Gasteiger partial charge is 0.352 e. The predicted octanol–water partition coefficient (Wildman–Crippen LogP) is 4.57. The van der Waals surface area contributed by atoms with E-state index in [1.165, 1.54) is 23.1 Å². The fourth-order valence-electron chi connectivity index (χ4n) is 3.62. The van der Waals surface area contributed by atoms with Gasteiger partial charge in [0, 0.05) is 25.0 Å². The highest BCUT2D eigenvalue weighted by molar-refractivity contribution is 5.96. The van der Waals surface area contributed by atoms with Crippen LogP contribution < -0.4 is 5.32 Å². The van der Waals surface area contributed by atoms with Crippen molar-refractivity contribution in [1.29, 1.82) is 0 Å². The summed E-state index contributed by atoms with van der Waals surface area (Å²) in [6.45, 7) is 4.71. The van der Waals surface area contributed by atoms with Crippen LogP contribution in [-0.4, -0.2) is 29.8 Å². The molecule has 3 rings (SSSR count). The zero-order valence-corrected chi connectivity index (χ0v) is 17.1. The Kier molecular flexibility index (Phi) is 6.19. The van der Waals surface area contributed by atoms with Crippen molar-refractivity contribution >= 4 is 11.8 Å². The second-order valence-corrected chi connectivity index (χ2v) is 8.06. The van der Waals surface area contributed by atoms with Crippen LogP contribution in [0.1, 0.15) is 46.8 Å². The number of carbonyl (C=O) groups excluding carboxylic acids is 2. The molecule has 7 heteroatoms. The first-order chi connectivity index (χ1) is 14.1. The maximum atomic E-state index is 13.2. The molecule has 0 bridgehead atoms. The van der Waals surface area contributed by atoms with Gasteiger partial charge in [0.2, 0.25) is 5.91 Å².